The summed E-state index contributed by atoms with van der Waals surface area (Å²) in [5.41, 5.74) is 0. The lowest BCUT2D eigenvalue weighted by molar-refractivity contribution is -0.870. The number of unbranched alkanes of at least 4 members (excludes halogenated alkanes) is 48. The Bertz CT molecular complexity index is 1430. The molecule has 0 rings (SSSR count). The van der Waals surface area contributed by atoms with Crippen molar-refractivity contribution in [3.63, 3.8) is 0 Å². The molecule has 0 bridgehead atoms. The number of hydrogen-bond acceptors (Lipinski definition) is 7. The summed E-state index contributed by atoms with van der Waals surface area (Å²) >= 11 is 0. The molecule has 0 saturated heterocycles. The van der Waals surface area contributed by atoms with Crippen LogP contribution in [0.5, 0.6) is 0 Å². The third-order valence-electron chi connectivity index (χ3n) is 16.4. The average Bonchev–Trinajstić information content (AvgIpc) is 3.44. The fraction of sp³-hybridized carbons (Fsp3) is 0.915. The van der Waals surface area contributed by atoms with Crippen molar-refractivity contribution in [2.45, 2.75) is 380 Å². The first kappa shape index (κ1) is 79.5. The van der Waals surface area contributed by atoms with E-state index in [1.54, 1.807) is 0 Å². The second-order valence-electron chi connectivity index (χ2n) is 25.7. The minimum atomic E-state index is -4.70. The Hall–Kier alpha value is -1.51. The second-order valence-corrected chi connectivity index (χ2v) is 27.2. The molecule has 9 nitrogen and oxygen atoms in total. The molecule has 3 atom stereocenters. The number of rotatable bonds is 66. The number of phosphoric acid groups is 1. The highest BCUT2D eigenvalue weighted by molar-refractivity contribution is 7.45. The summed E-state index contributed by atoms with van der Waals surface area (Å²) in [7, 11) is 1.20. The van der Waals surface area contributed by atoms with Gasteiger partial charge < -0.3 is 28.5 Å². The fourth-order valence-electron chi connectivity index (χ4n) is 10.9. The zero-order chi connectivity index (χ0) is 59.3. The van der Waals surface area contributed by atoms with Crippen molar-refractivity contribution < 1.29 is 37.3 Å². The van der Waals surface area contributed by atoms with Crippen LogP contribution in [0.3, 0.4) is 0 Å². The lowest BCUT2D eigenvalue weighted by Crippen LogP contribution is -2.47. The number of ether oxygens (including phenoxy) is 1. The van der Waals surface area contributed by atoms with E-state index in [1.165, 1.54) is 263 Å². The molecule has 0 aromatic rings. The van der Waals surface area contributed by atoms with Gasteiger partial charge in [0, 0.05) is 12.8 Å². The lowest BCUT2D eigenvalue weighted by Gasteiger charge is -2.30. The summed E-state index contributed by atoms with van der Waals surface area (Å²) in [5.74, 6) is -0.525. The maximum atomic E-state index is 13.6. The van der Waals surface area contributed by atoms with E-state index < -0.39 is 20.0 Å². The summed E-state index contributed by atoms with van der Waals surface area (Å²) in [6.45, 7) is 6.89. The molecule has 3 unspecified atom stereocenters. The standard InChI is InChI=1S/C71H139N2O7P/c1-7-10-13-16-19-22-25-28-30-31-32-33-34-35-36-37-38-39-40-41-43-45-48-51-54-57-60-63-70(74)72-68(67-79-81(76,77)78-66-65-73(4,5)6)69(62-59-56-53-50-47-44-27-24-21-18-15-12-9-3)80-71(75)64-61-58-55-52-49-46-42-29-26-23-20-17-14-11-8-2/h23,26,59,62,68-69H,7-22,24-25,27-58,60-61,63-67H2,1-6H3,(H-,72,74,76,77)/b26-23-,62-59-. The Morgan fingerprint density at radius 3 is 1.06 bits per heavy atom. The first-order chi connectivity index (χ1) is 39.4. The third-order valence-corrected chi connectivity index (χ3v) is 17.3. The van der Waals surface area contributed by atoms with Crippen LogP contribution in [0, 0.1) is 0 Å². The van der Waals surface area contributed by atoms with Gasteiger partial charge in [0.25, 0.3) is 7.82 Å². The number of allylic oxidation sites excluding steroid dienone is 3. The molecule has 0 spiro atoms. The van der Waals surface area contributed by atoms with Gasteiger partial charge in [0.15, 0.2) is 0 Å². The molecule has 0 aliphatic rings. The van der Waals surface area contributed by atoms with Gasteiger partial charge in [-0.25, -0.2) is 0 Å². The molecule has 0 aromatic heterocycles. The molecule has 0 aliphatic carbocycles. The van der Waals surface area contributed by atoms with Crippen LogP contribution in [0.25, 0.3) is 0 Å². The smallest absolute Gasteiger partial charge is 0.306 e. The topological polar surface area (TPSA) is 114 Å². The molecule has 0 heterocycles. The Morgan fingerprint density at radius 1 is 0.420 bits per heavy atom. The molecule has 0 radical (unpaired) electrons. The zero-order valence-electron chi connectivity index (χ0n) is 55.0. The maximum Gasteiger partial charge on any atom is 0.306 e. The van der Waals surface area contributed by atoms with Gasteiger partial charge in [0.2, 0.25) is 5.91 Å². The van der Waals surface area contributed by atoms with Gasteiger partial charge in [0.1, 0.15) is 19.3 Å². The second kappa shape index (κ2) is 61.6. The molecule has 10 heteroatoms. The predicted molar refractivity (Wildman–Crippen MR) is 349 cm³/mol. The normalized spacial score (nSPS) is 13.6. The van der Waals surface area contributed by atoms with E-state index in [-0.39, 0.29) is 31.5 Å². The summed E-state index contributed by atoms with van der Waals surface area (Å²) in [4.78, 5) is 40.1. The Morgan fingerprint density at radius 2 is 0.716 bits per heavy atom. The largest absolute Gasteiger partial charge is 0.756 e. The minimum Gasteiger partial charge on any atom is -0.756 e. The molecule has 1 amide bonds. The van der Waals surface area contributed by atoms with E-state index in [0.717, 1.165) is 70.6 Å². The van der Waals surface area contributed by atoms with E-state index in [1.807, 2.05) is 33.3 Å². The molecule has 81 heavy (non-hydrogen) atoms. The molecular formula is C71H139N2O7P. The van der Waals surface area contributed by atoms with Crippen LogP contribution >= 0.6 is 7.82 Å². The number of nitrogens with zero attached hydrogens (tertiary/aromatic N) is 1. The number of likely N-dealkylation sites (N-methyl/N-ethyl adjacent to an activating group) is 1. The molecule has 480 valence electrons. The van der Waals surface area contributed by atoms with Crippen molar-refractivity contribution in [1.82, 2.24) is 5.32 Å². The van der Waals surface area contributed by atoms with E-state index in [0.29, 0.717) is 17.4 Å². The van der Waals surface area contributed by atoms with Crippen molar-refractivity contribution in [2.24, 2.45) is 0 Å². The molecule has 1 N–H and O–H groups in total. The van der Waals surface area contributed by atoms with Crippen LogP contribution in [0.1, 0.15) is 367 Å². The van der Waals surface area contributed by atoms with Crippen molar-refractivity contribution in [3.8, 4) is 0 Å². The minimum absolute atomic E-state index is 0.0190. The highest BCUT2D eigenvalue weighted by Gasteiger charge is 2.27. The van der Waals surface area contributed by atoms with Crippen molar-refractivity contribution in [2.75, 3.05) is 40.9 Å². The third kappa shape index (κ3) is 62.8. The first-order valence-electron chi connectivity index (χ1n) is 35.6. The molecule has 0 saturated carbocycles. The van der Waals surface area contributed by atoms with Gasteiger partial charge in [-0.05, 0) is 57.4 Å². The predicted octanol–water partition coefficient (Wildman–Crippen LogP) is 21.8. The Kier molecular flexibility index (Phi) is 60.4. The van der Waals surface area contributed by atoms with Crippen molar-refractivity contribution in [1.29, 1.82) is 0 Å². The zero-order valence-corrected chi connectivity index (χ0v) is 55.9. The van der Waals surface area contributed by atoms with Crippen LogP contribution in [0.2, 0.25) is 0 Å². The van der Waals surface area contributed by atoms with Gasteiger partial charge in [0.05, 0.1) is 33.8 Å². The molecule has 0 aliphatic heterocycles. The highest BCUT2D eigenvalue weighted by Crippen LogP contribution is 2.38. The van der Waals surface area contributed by atoms with E-state index in [4.69, 9.17) is 13.8 Å². The van der Waals surface area contributed by atoms with Crippen LogP contribution in [0.15, 0.2) is 24.3 Å². The summed E-state index contributed by atoms with van der Waals surface area (Å²) in [5, 5.41) is 3.05. The van der Waals surface area contributed by atoms with Gasteiger partial charge in [-0.1, -0.05) is 322 Å². The van der Waals surface area contributed by atoms with E-state index in [9.17, 15) is 19.0 Å². The van der Waals surface area contributed by atoms with Crippen LogP contribution in [-0.2, 0) is 27.9 Å². The SMILES string of the molecule is CCCCCC/C=C\CCCCCCCCCC(=O)OC(/C=C\CCCCCCCCCCCCC)C(COP(=O)([O-])OCC[N+](C)(C)C)NC(=O)CCCCCCCCCCCCCCCCCCCCCCCCCCCCC. The number of phosphoric ester groups is 1. The van der Waals surface area contributed by atoms with Gasteiger partial charge in [-0.2, -0.15) is 0 Å². The number of amides is 1. The van der Waals surface area contributed by atoms with Crippen molar-refractivity contribution in [3.05, 3.63) is 24.3 Å². The number of carbonyl (C=O) groups excluding carboxylic acids is 2. The Labute approximate surface area is 504 Å². The monoisotopic (exact) mass is 1160 g/mol. The highest BCUT2D eigenvalue weighted by atomic mass is 31.2. The fourth-order valence-corrected chi connectivity index (χ4v) is 11.6. The first-order valence-corrected chi connectivity index (χ1v) is 37.1. The summed E-state index contributed by atoms with van der Waals surface area (Å²) < 4.78 is 30.4. The number of hydrogen-bond donors (Lipinski definition) is 1. The molecular weight excluding hydrogens is 1020 g/mol. The van der Waals surface area contributed by atoms with Gasteiger partial charge >= 0.3 is 5.97 Å². The van der Waals surface area contributed by atoms with Gasteiger partial charge in [-0.15, -0.1) is 0 Å². The lowest BCUT2D eigenvalue weighted by atomic mass is 10.0. The maximum absolute atomic E-state index is 13.6. The summed E-state index contributed by atoms with van der Waals surface area (Å²) in [6.07, 6.45) is 74.5. The summed E-state index contributed by atoms with van der Waals surface area (Å²) in [6, 6.07) is -0.885. The number of carbonyl (C=O) groups is 2. The molecule has 0 fully saturated rings. The number of quaternary nitrogens is 1. The molecule has 0 aromatic carbocycles. The van der Waals surface area contributed by atoms with Crippen LogP contribution in [-0.4, -0.2) is 69.4 Å². The van der Waals surface area contributed by atoms with E-state index in [2.05, 4.69) is 38.2 Å². The van der Waals surface area contributed by atoms with Gasteiger partial charge in [-0.3, -0.25) is 14.2 Å². The Balaban J connectivity index is 4.97. The van der Waals surface area contributed by atoms with Crippen LogP contribution in [0.4, 0.5) is 0 Å². The quantitative estimate of drug-likeness (QED) is 0.0212. The number of nitrogens with one attached hydrogen (secondary N) is 1. The van der Waals surface area contributed by atoms with Crippen LogP contribution < -0.4 is 10.2 Å². The van der Waals surface area contributed by atoms with Crippen molar-refractivity contribution >= 4 is 19.7 Å². The average molecular weight is 1160 g/mol. The number of esters is 1. The van der Waals surface area contributed by atoms with E-state index >= 15 is 0 Å².